The van der Waals surface area contributed by atoms with Crippen LogP contribution in [0, 0.1) is 5.92 Å². The SMILES string of the molecule is NC1=N[C@@H](CCC2CCCCC2)C(=O)N1. The van der Waals surface area contributed by atoms with Gasteiger partial charge in [-0.1, -0.05) is 32.1 Å². The van der Waals surface area contributed by atoms with Gasteiger partial charge in [0, 0.05) is 0 Å². The summed E-state index contributed by atoms with van der Waals surface area (Å²) in [5, 5.41) is 2.54. The third kappa shape index (κ3) is 2.70. The van der Waals surface area contributed by atoms with E-state index in [2.05, 4.69) is 10.3 Å². The molecule has 15 heavy (non-hydrogen) atoms. The summed E-state index contributed by atoms with van der Waals surface area (Å²) in [6.07, 6.45) is 8.72. The van der Waals surface area contributed by atoms with Gasteiger partial charge in [-0.25, -0.2) is 4.99 Å². The Balaban J connectivity index is 1.75. The molecule has 0 aromatic heterocycles. The molecular weight excluding hydrogens is 190 g/mol. The van der Waals surface area contributed by atoms with Gasteiger partial charge in [-0.3, -0.25) is 10.1 Å². The van der Waals surface area contributed by atoms with Crippen LogP contribution in [0.2, 0.25) is 0 Å². The van der Waals surface area contributed by atoms with Crippen molar-refractivity contribution in [2.75, 3.05) is 0 Å². The van der Waals surface area contributed by atoms with Crippen molar-refractivity contribution in [2.24, 2.45) is 16.6 Å². The van der Waals surface area contributed by atoms with Crippen molar-refractivity contribution in [2.45, 2.75) is 51.0 Å². The number of amides is 1. The molecule has 2 rings (SSSR count). The van der Waals surface area contributed by atoms with E-state index in [1.165, 1.54) is 32.1 Å². The number of rotatable bonds is 3. The number of hydrogen-bond donors (Lipinski definition) is 2. The molecule has 0 unspecified atom stereocenters. The van der Waals surface area contributed by atoms with Gasteiger partial charge >= 0.3 is 0 Å². The van der Waals surface area contributed by atoms with Crippen LogP contribution >= 0.6 is 0 Å². The minimum absolute atomic E-state index is 0.0247. The Morgan fingerprint density at radius 1 is 1.27 bits per heavy atom. The maximum absolute atomic E-state index is 11.4. The summed E-state index contributed by atoms with van der Waals surface area (Å²) in [4.78, 5) is 15.4. The van der Waals surface area contributed by atoms with Crippen LogP contribution in [0.4, 0.5) is 0 Å². The van der Waals surface area contributed by atoms with Gasteiger partial charge in [0.05, 0.1) is 0 Å². The predicted octanol–water partition coefficient (Wildman–Crippen LogP) is 1.16. The molecule has 84 valence electrons. The van der Waals surface area contributed by atoms with Crippen molar-refractivity contribution in [1.29, 1.82) is 0 Å². The van der Waals surface area contributed by atoms with Crippen LogP contribution in [0.1, 0.15) is 44.9 Å². The summed E-state index contributed by atoms with van der Waals surface area (Å²) in [5.41, 5.74) is 5.44. The van der Waals surface area contributed by atoms with Crippen LogP contribution < -0.4 is 11.1 Å². The lowest BCUT2D eigenvalue weighted by atomic mass is 9.85. The number of carbonyl (C=O) groups is 1. The molecule has 4 heteroatoms. The zero-order valence-electron chi connectivity index (χ0n) is 9.04. The molecule has 1 aliphatic heterocycles. The van der Waals surface area contributed by atoms with Crippen molar-refractivity contribution in [3.05, 3.63) is 0 Å². The molecule has 0 aromatic rings. The van der Waals surface area contributed by atoms with Crippen LogP contribution in [0.5, 0.6) is 0 Å². The molecular formula is C11H19N3O. The monoisotopic (exact) mass is 209 g/mol. The molecule has 1 saturated carbocycles. The minimum Gasteiger partial charge on any atom is -0.370 e. The second kappa shape index (κ2) is 4.64. The summed E-state index contributed by atoms with van der Waals surface area (Å²) in [5.74, 6) is 1.07. The van der Waals surface area contributed by atoms with E-state index in [-0.39, 0.29) is 17.9 Å². The van der Waals surface area contributed by atoms with E-state index in [0.29, 0.717) is 0 Å². The van der Waals surface area contributed by atoms with Gasteiger partial charge in [0.2, 0.25) is 0 Å². The lowest BCUT2D eigenvalue weighted by Crippen LogP contribution is -2.33. The van der Waals surface area contributed by atoms with E-state index in [1.54, 1.807) is 0 Å². The van der Waals surface area contributed by atoms with Crippen molar-refractivity contribution in [3.63, 3.8) is 0 Å². The van der Waals surface area contributed by atoms with Gasteiger partial charge in [-0.05, 0) is 18.8 Å². The average Bonchev–Trinajstić information content (AvgIpc) is 2.56. The zero-order chi connectivity index (χ0) is 10.7. The van der Waals surface area contributed by atoms with E-state index >= 15 is 0 Å². The smallest absolute Gasteiger partial charge is 0.251 e. The third-order valence-electron chi connectivity index (χ3n) is 3.42. The van der Waals surface area contributed by atoms with E-state index in [4.69, 9.17) is 5.73 Å². The lowest BCUT2D eigenvalue weighted by Gasteiger charge is -2.21. The molecule has 0 spiro atoms. The molecule has 4 nitrogen and oxygen atoms in total. The summed E-state index contributed by atoms with van der Waals surface area (Å²) in [7, 11) is 0. The average molecular weight is 209 g/mol. The second-order valence-electron chi connectivity index (χ2n) is 4.60. The van der Waals surface area contributed by atoms with Gasteiger partial charge in [0.1, 0.15) is 6.04 Å². The molecule has 2 aliphatic rings. The maximum atomic E-state index is 11.4. The van der Waals surface area contributed by atoms with Crippen molar-refractivity contribution in [3.8, 4) is 0 Å². The number of guanidine groups is 1. The number of nitrogens with zero attached hydrogens (tertiary/aromatic N) is 1. The molecule has 0 aromatic carbocycles. The van der Waals surface area contributed by atoms with Gasteiger partial charge in [-0.2, -0.15) is 0 Å². The van der Waals surface area contributed by atoms with E-state index < -0.39 is 0 Å². The Kier molecular flexibility index (Phi) is 3.23. The van der Waals surface area contributed by atoms with Crippen LogP contribution in [-0.2, 0) is 4.79 Å². The third-order valence-corrected chi connectivity index (χ3v) is 3.42. The highest BCUT2D eigenvalue weighted by atomic mass is 16.2. The molecule has 0 bridgehead atoms. The number of nitrogens with two attached hydrogens (primary N) is 1. The molecule has 0 saturated heterocycles. The predicted molar refractivity (Wildman–Crippen MR) is 59.4 cm³/mol. The van der Waals surface area contributed by atoms with Gasteiger partial charge < -0.3 is 5.73 Å². The summed E-state index contributed by atoms with van der Waals surface area (Å²) in [6, 6.07) is -0.216. The van der Waals surface area contributed by atoms with Crippen LogP contribution in [-0.4, -0.2) is 17.9 Å². The highest BCUT2D eigenvalue weighted by molar-refractivity contribution is 6.04. The van der Waals surface area contributed by atoms with Crippen molar-refractivity contribution >= 4 is 11.9 Å². The first-order valence-corrected chi connectivity index (χ1v) is 5.90. The number of hydrogen-bond acceptors (Lipinski definition) is 3. The number of nitrogens with one attached hydrogen (secondary N) is 1. The molecule has 0 radical (unpaired) electrons. The van der Waals surface area contributed by atoms with Crippen LogP contribution in [0.3, 0.4) is 0 Å². The number of carbonyl (C=O) groups excluding carboxylic acids is 1. The van der Waals surface area contributed by atoms with Gasteiger partial charge in [0.25, 0.3) is 5.91 Å². The second-order valence-corrected chi connectivity index (χ2v) is 4.60. The normalized spacial score (nSPS) is 27.6. The molecule has 1 heterocycles. The summed E-state index contributed by atoms with van der Waals surface area (Å²) in [6.45, 7) is 0. The molecule has 1 atom stereocenters. The fourth-order valence-electron chi connectivity index (χ4n) is 2.53. The van der Waals surface area contributed by atoms with Crippen molar-refractivity contribution < 1.29 is 4.79 Å². The molecule has 1 fully saturated rings. The van der Waals surface area contributed by atoms with E-state index in [1.807, 2.05) is 0 Å². The Labute approximate surface area is 90.3 Å². The quantitative estimate of drug-likeness (QED) is 0.732. The van der Waals surface area contributed by atoms with Gasteiger partial charge in [0.15, 0.2) is 5.96 Å². The first-order chi connectivity index (χ1) is 7.25. The minimum atomic E-state index is -0.216. The maximum Gasteiger partial charge on any atom is 0.251 e. The largest absolute Gasteiger partial charge is 0.370 e. The molecule has 1 aliphatic carbocycles. The summed E-state index contributed by atoms with van der Waals surface area (Å²) >= 11 is 0. The Bertz CT molecular complexity index is 269. The fraction of sp³-hybridized carbons (Fsp3) is 0.818. The Morgan fingerprint density at radius 2 is 2.00 bits per heavy atom. The Hall–Kier alpha value is -1.06. The Morgan fingerprint density at radius 3 is 2.60 bits per heavy atom. The van der Waals surface area contributed by atoms with Gasteiger partial charge in [-0.15, -0.1) is 0 Å². The zero-order valence-corrected chi connectivity index (χ0v) is 9.04. The lowest BCUT2D eigenvalue weighted by molar-refractivity contribution is -0.120. The topological polar surface area (TPSA) is 67.5 Å². The standard InChI is InChI=1S/C11H19N3O/c12-11-13-9(10(15)14-11)7-6-8-4-2-1-3-5-8/h8-9H,1-7H2,(H3,12,13,14,15)/t9-/m0/s1. The van der Waals surface area contributed by atoms with E-state index in [9.17, 15) is 4.79 Å². The number of aliphatic imine (C=N–C) groups is 1. The molecule has 1 amide bonds. The van der Waals surface area contributed by atoms with E-state index in [0.717, 1.165) is 18.8 Å². The first kappa shape index (κ1) is 10.5. The van der Waals surface area contributed by atoms with Crippen molar-refractivity contribution in [1.82, 2.24) is 5.32 Å². The highest BCUT2D eigenvalue weighted by Gasteiger charge is 2.25. The first-order valence-electron chi connectivity index (χ1n) is 5.90. The summed E-state index contributed by atoms with van der Waals surface area (Å²) < 4.78 is 0. The molecule has 3 N–H and O–H groups in total. The fourth-order valence-corrected chi connectivity index (χ4v) is 2.53. The van der Waals surface area contributed by atoms with Crippen LogP contribution in [0.25, 0.3) is 0 Å². The highest BCUT2D eigenvalue weighted by Crippen LogP contribution is 2.28. The van der Waals surface area contributed by atoms with Crippen LogP contribution in [0.15, 0.2) is 4.99 Å².